The van der Waals surface area contributed by atoms with Crippen LogP contribution in [-0.2, 0) is 6.54 Å². The Bertz CT molecular complexity index is 689. The van der Waals surface area contributed by atoms with Crippen molar-refractivity contribution in [3.63, 3.8) is 0 Å². The summed E-state index contributed by atoms with van der Waals surface area (Å²) >= 11 is 1.60. The van der Waals surface area contributed by atoms with Crippen LogP contribution in [0.5, 0.6) is 0 Å². The lowest BCUT2D eigenvalue weighted by Gasteiger charge is -1.94. The fourth-order valence-corrected chi connectivity index (χ4v) is 2.85. The minimum Gasteiger partial charge on any atom is -0.326 e. The second-order valence-electron chi connectivity index (χ2n) is 4.03. The van der Waals surface area contributed by atoms with Crippen LogP contribution >= 0.6 is 11.3 Å². The maximum Gasteiger partial charge on any atom is 0.124 e. The molecule has 0 saturated carbocycles. The van der Waals surface area contributed by atoms with Gasteiger partial charge >= 0.3 is 0 Å². The third kappa shape index (κ3) is 2.00. The second-order valence-corrected chi connectivity index (χ2v) is 5.06. The lowest BCUT2D eigenvalue weighted by atomic mass is 10.2. The minimum atomic E-state index is -0.231. The fourth-order valence-electron chi connectivity index (χ4n) is 1.81. The van der Waals surface area contributed by atoms with E-state index in [1.807, 2.05) is 12.1 Å². The van der Waals surface area contributed by atoms with E-state index in [4.69, 9.17) is 5.73 Å². The van der Waals surface area contributed by atoms with Gasteiger partial charge in [-0.25, -0.2) is 9.37 Å². The monoisotopic (exact) mass is 258 g/mol. The molecular formula is C14H11FN2S. The fraction of sp³-hybridized carbons (Fsp3) is 0.0714. The van der Waals surface area contributed by atoms with Crippen LogP contribution in [0.2, 0.25) is 0 Å². The lowest BCUT2D eigenvalue weighted by Crippen LogP contribution is -1.94. The predicted octanol–water partition coefficient (Wildman–Crippen LogP) is 3.56. The first kappa shape index (κ1) is 11.3. The smallest absolute Gasteiger partial charge is 0.124 e. The zero-order chi connectivity index (χ0) is 12.5. The van der Waals surface area contributed by atoms with Gasteiger partial charge in [0.1, 0.15) is 10.8 Å². The molecule has 2 N–H and O–H groups in total. The number of nitrogens with two attached hydrogens (primary N) is 1. The zero-order valence-electron chi connectivity index (χ0n) is 9.56. The summed E-state index contributed by atoms with van der Waals surface area (Å²) < 4.78 is 14.0. The highest BCUT2D eigenvalue weighted by atomic mass is 32.1. The Hall–Kier alpha value is -1.78. The average Bonchev–Trinajstić information content (AvgIpc) is 2.82. The Morgan fingerprint density at radius 3 is 2.61 bits per heavy atom. The van der Waals surface area contributed by atoms with Crippen LogP contribution in [-0.4, -0.2) is 4.98 Å². The summed E-state index contributed by atoms with van der Waals surface area (Å²) in [5.41, 5.74) is 8.60. The average molecular weight is 258 g/mol. The van der Waals surface area contributed by atoms with Crippen LogP contribution in [0.1, 0.15) is 5.56 Å². The van der Waals surface area contributed by atoms with Crippen molar-refractivity contribution in [3.8, 4) is 10.6 Å². The molecule has 0 fully saturated rings. The molecule has 3 aromatic rings. The molecule has 2 aromatic carbocycles. The molecule has 2 nitrogen and oxygen atoms in total. The summed E-state index contributed by atoms with van der Waals surface area (Å²) in [7, 11) is 0. The molecular weight excluding hydrogens is 247 g/mol. The number of nitrogens with zero attached hydrogens (tertiary/aromatic N) is 1. The van der Waals surface area contributed by atoms with Crippen molar-refractivity contribution in [1.29, 1.82) is 0 Å². The number of aromatic nitrogens is 1. The van der Waals surface area contributed by atoms with Gasteiger partial charge in [0.05, 0.1) is 10.2 Å². The molecule has 1 aromatic heterocycles. The molecule has 3 rings (SSSR count). The number of hydrogen-bond donors (Lipinski definition) is 1. The van der Waals surface area contributed by atoms with Gasteiger partial charge in [0.2, 0.25) is 0 Å². The first-order valence-corrected chi connectivity index (χ1v) is 6.43. The summed E-state index contributed by atoms with van der Waals surface area (Å²) in [6.45, 7) is 0.528. The molecule has 0 aliphatic rings. The Balaban J connectivity index is 2.10. The number of halogens is 1. The van der Waals surface area contributed by atoms with Gasteiger partial charge in [0.25, 0.3) is 0 Å². The standard InChI is InChI=1S/C14H11FN2S/c15-11-4-2-10(3-5-11)14-17-12-6-1-9(8-16)7-13(12)18-14/h1-7H,8,16H2. The summed E-state index contributed by atoms with van der Waals surface area (Å²) in [4.78, 5) is 4.54. The molecule has 4 heteroatoms. The quantitative estimate of drug-likeness (QED) is 0.763. The van der Waals surface area contributed by atoms with Crippen molar-refractivity contribution in [2.24, 2.45) is 5.73 Å². The summed E-state index contributed by atoms with van der Waals surface area (Å²) in [6.07, 6.45) is 0. The third-order valence-electron chi connectivity index (χ3n) is 2.78. The number of hydrogen-bond acceptors (Lipinski definition) is 3. The zero-order valence-corrected chi connectivity index (χ0v) is 10.4. The molecule has 0 amide bonds. The Kier molecular flexibility index (Phi) is 2.81. The summed E-state index contributed by atoms with van der Waals surface area (Å²) in [5, 5.41) is 0.902. The van der Waals surface area contributed by atoms with Gasteiger partial charge in [0.15, 0.2) is 0 Å². The van der Waals surface area contributed by atoms with Gasteiger partial charge < -0.3 is 5.73 Å². The molecule has 0 bridgehead atoms. The van der Waals surface area contributed by atoms with Gasteiger partial charge in [0, 0.05) is 12.1 Å². The summed E-state index contributed by atoms with van der Waals surface area (Å²) in [6, 6.07) is 12.4. The van der Waals surface area contributed by atoms with Crippen LogP contribution in [0, 0.1) is 5.82 Å². The van der Waals surface area contributed by atoms with E-state index < -0.39 is 0 Å². The SMILES string of the molecule is NCc1ccc2nc(-c3ccc(F)cc3)sc2c1. The predicted molar refractivity (Wildman–Crippen MR) is 72.9 cm³/mol. The van der Waals surface area contributed by atoms with Crippen LogP contribution < -0.4 is 5.73 Å². The van der Waals surface area contributed by atoms with Gasteiger partial charge in [-0.15, -0.1) is 11.3 Å². The molecule has 0 unspecified atom stereocenters. The van der Waals surface area contributed by atoms with Crippen molar-refractivity contribution in [2.45, 2.75) is 6.54 Å². The minimum absolute atomic E-state index is 0.231. The van der Waals surface area contributed by atoms with E-state index in [2.05, 4.69) is 11.1 Å². The molecule has 0 atom stereocenters. The highest BCUT2D eigenvalue weighted by Crippen LogP contribution is 2.30. The maximum atomic E-state index is 12.9. The van der Waals surface area contributed by atoms with Crippen LogP contribution in [0.3, 0.4) is 0 Å². The maximum absolute atomic E-state index is 12.9. The van der Waals surface area contributed by atoms with Gasteiger partial charge in [-0.3, -0.25) is 0 Å². The van der Waals surface area contributed by atoms with Crippen molar-refractivity contribution in [2.75, 3.05) is 0 Å². The molecule has 18 heavy (non-hydrogen) atoms. The molecule has 0 radical (unpaired) electrons. The van der Waals surface area contributed by atoms with Crippen molar-refractivity contribution >= 4 is 21.6 Å². The van der Waals surface area contributed by atoms with Crippen molar-refractivity contribution < 1.29 is 4.39 Å². The van der Waals surface area contributed by atoms with Crippen molar-refractivity contribution in [1.82, 2.24) is 4.98 Å². The highest BCUT2D eigenvalue weighted by Gasteiger charge is 2.06. The van der Waals surface area contributed by atoms with Crippen LogP contribution in [0.4, 0.5) is 4.39 Å². The van der Waals surface area contributed by atoms with E-state index in [0.29, 0.717) is 6.54 Å². The van der Waals surface area contributed by atoms with E-state index in [0.717, 1.165) is 26.4 Å². The number of thiazole rings is 1. The number of benzene rings is 2. The van der Waals surface area contributed by atoms with Crippen molar-refractivity contribution in [3.05, 3.63) is 53.8 Å². The Morgan fingerprint density at radius 1 is 1.11 bits per heavy atom. The first-order chi connectivity index (χ1) is 8.76. The molecule has 1 heterocycles. The Labute approximate surface area is 108 Å². The lowest BCUT2D eigenvalue weighted by molar-refractivity contribution is 0.628. The molecule has 0 aliphatic heterocycles. The van der Waals surface area contributed by atoms with E-state index in [-0.39, 0.29) is 5.82 Å². The summed E-state index contributed by atoms with van der Waals surface area (Å²) in [5.74, 6) is -0.231. The van der Waals surface area contributed by atoms with Gasteiger partial charge in [-0.1, -0.05) is 6.07 Å². The largest absolute Gasteiger partial charge is 0.326 e. The van der Waals surface area contributed by atoms with Gasteiger partial charge in [-0.05, 0) is 42.0 Å². The molecule has 0 aliphatic carbocycles. The van der Waals surface area contributed by atoms with E-state index >= 15 is 0 Å². The first-order valence-electron chi connectivity index (χ1n) is 5.62. The topological polar surface area (TPSA) is 38.9 Å². The van der Waals surface area contributed by atoms with Crippen LogP contribution in [0.15, 0.2) is 42.5 Å². The molecule has 0 spiro atoms. The molecule has 0 saturated heterocycles. The third-order valence-corrected chi connectivity index (χ3v) is 3.85. The number of rotatable bonds is 2. The second kappa shape index (κ2) is 4.48. The van der Waals surface area contributed by atoms with Crippen LogP contribution in [0.25, 0.3) is 20.8 Å². The van der Waals surface area contributed by atoms with E-state index in [1.165, 1.54) is 12.1 Å². The van der Waals surface area contributed by atoms with E-state index in [9.17, 15) is 4.39 Å². The number of fused-ring (bicyclic) bond motifs is 1. The van der Waals surface area contributed by atoms with Gasteiger partial charge in [-0.2, -0.15) is 0 Å². The normalized spacial score (nSPS) is 11.0. The molecule has 90 valence electrons. The highest BCUT2D eigenvalue weighted by molar-refractivity contribution is 7.21. The Morgan fingerprint density at radius 2 is 1.89 bits per heavy atom. The van der Waals surface area contributed by atoms with E-state index in [1.54, 1.807) is 23.5 Å².